The fraction of sp³-hybridized carbons (Fsp3) is 0.368. The molecule has 6 heteroatoms. The minimum atomic E-state index is 0.626. The summed E-state index contributed by atoms with van der Waals surface area (Å²) in [7, 11) is 0. The minimum Gasteiger partial charge on any atom is -0.371 e. The molecule has 1 saturated heterocycles. The highest BCUT2D eigenvalue weighted by atomic mass is 32.1. The van der Waals surface area contributed by atoms with Gasteiger partial charge in [-0.3, -0.25) is 0 Å². The molecule has 1 fully saturated rings. The van der Waals surface area contributed by atoms with Gasteiger partial charge in [-0.1, -0.05) is 0 Å². The van der Waals surface area contributed by atoms with E-state index < -0.39 is 0 Å². The van der Waals surface area contributed by atoms with Crippen molar-refractivity contribution in [2.24, 2.45) is 0 Å². The van der Waals surface area contributed by atoms with E-state index in [2.05, 4.69) is 44.5 Å². The lowest BCUT2D eigenvalue weighted by molar-refractivity contribution is 0.417. The molecule has 3 heterocycles. The number of aromatic nitrogens is 3. The molecule has 25 heavy (non-hydrogen) atoms. The molecular weight excluding hydrogens is 330 g/mol. The summed E-state index contributed by atoms with van der Waals surface area (Å²) < 4.78 is 2.03. The molecule has 0 aliphatic carbocycles. The molecule has 3 aromatic rings. The quantitative estimate of drug-likeness (QED) is 0.740. The third kappa shape index (κ3) is 4.08. The van der Waals surface area contributed by atoms with Gasteiger partial charge >= 0.3 is 0 Å². The third-order valence-electron chi connectivity index (χ3n) is 4.77. The summed E-state index contributed by atoms with van der Waals surface area (Å²) in [4.78, 5) is 10.9. The molecule has 0 atom stereocenters. The maximum absolute atomic E-state index is 4.34. The number of nitrogens with zero attached hydrogens (tertiary/aromatic N) is 4. The number of piperidine rings is 1. The fourth-order valence-electron chi connectivity index (χ4n) is 3.35. The molecular formula is C19H23N5S. The molecule has 1 aromatic carbocycles. The highest BCUT2D eigenvalue weighted by Crippen LogP contribution is 2.21. The number of rotatable bonds is 6. The summed E-state index contributed by atoms with van der Waals surface area (Å²) in [6.45, 7) is 3.25. The first-order valence-corrected chi connectivity index (χ1v) is 9.71. The molecule has 0 amide bonds. The van der Waals surface area contributed by atoms with E-state index in [-0.39, 0.29) is 0 Å². The first-order chi connectivity index (χ1) is 12.4. The van der Waals surface area contributed by atoms with Crippen molar-refractivity contribution in [2.45, 2.75) is 25.3 Å². The Morgan fingerprint density at radius 2 is 1.88 bits per heavy atom. The van der Waals surface area contributed by atoms with Crippen LogP contribution < -0.4 is 10.2 Å². The molecule has 0 bridgehead atoms. The van der Waals surface area contributed by atoms with E-state index in [9.17, 15) is 0 Å². The van der Waals surface area contributed by atoms with E-state index in [1.165, 1.54) is 23.5 Å². The van der Waals surface area contributed by atoms with Crippen LogP contribution in [0.5, 0.6) is 0 Å². The van der Waals surface area contributed by atoms with E-state index in [0.717, 1.165) is 31.7 Å². The highest BCUT2D eigenvalue weighted by molar-refractivity contribution is 7.09. The van der Waals surface area contributed by atoms with Gasteiger partial charge in [0.25, 0.3) is 0 Å². The van der Waals surface area contributed by atoms with Crippen LogP contribution in [0.3, 0.4) is 0 Å². The molecule has 4 rings (SSSR count). The second-order valence-corrected chi connectivity index (χ2v) is 7.36. The maximum Gasteiger partial charge on any atom is 0.0991 e. The number of hydrogen-bond acceptors (Lipinski definition) is 5. The van der Waals surface area contributed by atoms with E-state index in [1.807, 2.05) is 28.7 Å². The zero-order chi connectivity index (χ0) is 16.9. The molecule has 1 aliphatic heterocycles. The Labute approximate surface area is 152 Å². The van der Waals surface area contributed by atoms with Gasteiger partial charge in [0.2, 0.25) is 0 Å². The van der Waals surface area contributed by atoms with Gasteiger partial charge in [-0.05, 0) is 37.1 Å². The van der Waals surface area contributed by atoms with Crippen LogP contribution in [0.25, 0.3) is 5.69 Å². The number of imidazole rings is 1. The fourth-order valence-corrected chi connectivity index (χ4v) is 3.97. The number of benzene rings is 1. The summed E-state index contributed by atoms with van der Waals surface area (Å²) in [6, 6.07) is 9.38. The third-order valence-corrected chi connectivity index (χ3v) is 5.61. The number of anilines is 1. The Balaban J connectivity index is 1.25. The van der Waals surface area contributed by atoms with Crippen molar-refractivity contribution < 1.29 is 0 Å². The Kier molecular flexibility index (Phi) is 5.09. The van der Waals surface area contributed by atoms with Crippen LogP contribution in [0, 0.1) is 0 Å². The van der Waals surface area contributed by atoms with Gasteiger partial charge in [-0.2, -0.15) is 0 Å². The highest BCUT2D eigenvalue weighted by Gasteiger charge is 2.19. The molecule has 130 valence electrons. The predicted octanol–water partition coefficient (Wildman–Crippen LogP) is 3.13. The van der Waals surface area contributed by atoms with Crippen LogP contribution >= 0.6 is 11.3 Å². The van der Waals surface area contributed by atoms with Crippen molar-refractivity contribution in [3.05, 3.63) is 59.6 Å². The summed E-state index contributed by atoms with van der Waals surface area (Å²) in [5, 5.41) is 6.96. The topological polar surface area (TPSA) is 46.0 Å². The second kappa shape index (κ2) is 7.80. The van der Waals surface area contributed by atoms with Gasteiger partial charge in [-0.25, -0.2) is 9.97 Å². The Hall–Kier alpha value is -2.18. The number of thiazole rings is 1. The second-order valence-electron chi connectivity index (χ2n) is 6.38. The molecule has 0 unspecified atom stereocenters. The lowest BCUT2D eigenvalue weighted by Gasteiger charge is -2.34. The van der Waals surface area contributed by atoms with Gasteiger partial charge in [-0.15, -0.1) is 11.3 Å². The minimum absolute atomic E-state index is 0.626. The van der Waals surface area contributed by atoms with Gasteiger partial charge < -0.3 is 14.8 Å². The van der Waals surface area contributed by atoms with E-state index in [1.54, 1.807) is 17.5 Å². The van der Waals surface area contributed by atoms with Crippen molar-refractivity contribution in [1.82, 2.24) is 19.9 Å². The van der Waals surface area contributed by atoms with Crippen molar-refractivity contribution in [3.63, 3.8) is 0 Å². The van der Waals surface area contributed by atoms with E-state index in [0.29, 0.717) is 6.04 Å². The van der Waals surface area contributed by atoms with Crippen LogP contribution in [0.2, 0.25) is 0 Å². The van der Waals surface area contributed by atoms with Crippen LogP contribution in [-0.4, -0.2) is 40.2 Å². The largest absolute Gasteiger partial charge is 0.371 e. The summed E-state index contributed by atoms with van der Waals surface area (Å²) in [5.74, 6) is 0. The lowest BCUT2D eigenvalue weighted by atomic mass is 10.0. The van der Waals surface area contributed by atoms with Crippen molar-refractivity contribution >= 4 is 17.0 Å². The van der Waals surface area contributed by atoms with Crippen LogP contribution in [0.4, 0.5) is 5.69 Å². The Morgan fingerprint density at radius 3 is 2.56 bits per heavy atom. The average molecular weight is 353 g/mol. The zero-order valence-corrected chi connectivity index (χ0v) is 15.0. The molecule has 2 aromatic heterocycles. The lowest BCUT2D eigenvalue weighted by Crippen LogP contribution is -2.43. The van der Waals surface area contributed by atoms with Crippen LogP contribution in [0.15, 0.2) is 54.6 Å². The molecule has 0 spiro atoms. The Morgan fingerprint density at radius 1 is 1.08 bits per heavy atom. The maximum atomic E-state index is 4.34. The summed E-state index contributed by atoms with van der Waals surface area (Å²) in [6.07, 6.45) is 10.9. The number of hydrogen-bond donors (Lipinski definition) is 1. The summed E-state index contributed by atoms with van der Waals surface area (Å²) in [5.41, 5.74) is 2.46. The predicted molar refractivity (Wildman–Crippen MR) is 103 cm³/mol. The first-order valence-electron chi connectivity index (χ1n) is 8.83. The van der Waals surface area contributed by atoms with Gasteiger partial charge in [0.15, 0.2) is 0 Å². The average Bonchev–Trinajstić information content (AvgIpc) is 3.37. The van der Waals surface area contributed by atoms with Gasteiger partial charge in [0.05, 0.1) is 11.3 Å². The van der Waals surface area contributed by atoms with Crippen molar-refractivity contribution in [3.8, 4) is 5.69 Å². The monoisotopic (exact) mass is 353 g/mol. The van der Waals surface area contributed by atoms with Crippen molar-refractivity contribution in [2.75, 3.05) is 24.5 Å². The molecule has 1 N–H and O–H groups in total. The zero-order valence-electron chi connectivity index (χ0n) is 14.2. The molecule has 0 radical (unpaired) electrons. The van der Waals surface area contributed by atoms with Crippen LogP contribution in [0.1, 0.15) is 17.8 Å². The molecule has 1 aliphatic rings. The van der Waals surface area contributed by atoms with Gasteiger partial charge in [0, 0.05) is 67.4 Å². The standard InChI is InChI=1S/C19H23N5S/c1-3-18(24-13-9-20-15-24)4-2-17(1)23-11-6-16(7-12-23)21-8-5-19-22-10-14-25-19/h1-4,9-10,13-16,21H,5-8,11-12H2. The van der Waals surface area contributed by atoms with E-state index >= 15 is 0 Å². The van der Waals surface area contributed by atoms with Gasteiger partial charge in [0.1, 0.15) is 0 Å². The first kappa shape index (κ1) is 16.3. The normalized spacial score (nSPS) is 15.6. The molecule has 0 saturated carbocycles. The van der Waals surface area contributed by atoms with E-state index in [4.69, 9.17) is 0 Å². The Bertz CT molecular complexity index is 744. The SMILES string of the molecule is c1cn(-c2ccc(N3CCC(NCCc4nccs4)CC3)cc2)cn1. The van der Waals surface area contributed by atoms with Crippen LogP contribution in [-0.2, 0) is 6.42 Å². The molecule has 5 nitrogen and oxygen atoms in total. The smallest absolute Gasteiger partial charge is 0.0991 e. The summed E-state index contributed by atoms with van der Waals surface area (Å²) >= 11 is 1.74. The van der Waals surface area contributed by atoms with Crippen molar-refractivity contribution in [1.29, 1.82) is 0 Å². The number of nitrogens with one attached hydrogen (secondary N) is 1.